The second-order valence-corrected chi connectivity index (χ2v) is 4.91. The zero-order valence-electron chi connectivity index (χ0n) is 12.0. The molecule has 3 rings (SSSR count). The standard InChI is InChI=1S/C18H13N3O/c1-21-16-5-3-2-4-15(16)20-18(21)17(22)11-10-13-6-8-14(12-19)9-7-13/h2-11H,1H3/b11-10+. The zero-order chi connectivity index (χ0) is 15.5. The number of allylic oxidation sites excluding steroid dienone is 1. The highest BCUT2D eigenvalue weighted by molar-refractivity contribution is 6.06. The van der Waals surface area contributed by atoms with Crippen LogP contribution in [-0.4, -0.2) is 15.3 Å². The maximum absolute atomic E-state index is 12.3. The van der Waals surface area contributed by atoms with E-state index >= 15 is 0 Å². The van der Waals surface area contributed by atoms with Crippen LogP contribution < -0.4 is 0 Å². The molecule has 1 heterocycles. The number of hydrogen-bond acceptors (Lipinski definition) is 3. The van der Waals surface area contributed by atoms with Crippen molar-refractivity contribution >= 4 is 22.9 Å². The van der Waals surface area contributed by atoms with Gasteiger partial charge in [0.1, 0.15) is 0 Å². The van der Waals surface area contributed by atoms with E-state index < -0.39 is 0 Å². The summed E-state index contributed by atoms with van der Waals surface area (Å²) in [7, 11) is 1.83. The molecule has 0 N–H and O–H groups in total. The normalized spacial score (nSPS) is 10.9. The molecular weight excluding hydrogens is 274 g/mol. The largest absolute Gasteiger partial charge is 0.324 e. The maximum atomic E-state index is 12.3. The summed E-state index contributed by atoms with van der Waals surface area (Å²) < 4.78 is 1.79. The van der Waals surface area contributed by atoms with E-state index in [1.807, 2.05) is 31.3 Å². The zero-order valence-corrected chi connectivity index (χ0v) is 12.0. The third-order valence-electron chi connectivity index (χ3n) is 3.47. The molecule has 0 saturated heterocycles. The number of carbonyl (C=O) groups excluding carboxylic acids is 1. The Labute approximate surface area is 127 Å². The number of aromatic nitrogens is 2. The van der Waals surface area contributed by atoms with Gasteiger partial charge in [0.2, 0.25) is 5.78 Å². The van der Waals surface area contributed by atoms with Gasteiger partial charge < -0.3 is 4.57 Å². The fraction of sp³-hybridized carbons (Fsp3) is 0.0556. The molecule has 0 unspecified atom stereocenters. The summed E-state index contributed by atoms with van der Waals surface area (Å²) in [5.41, 5.74) is 3.20. The molecule has 0 radical (unpaired) electrons. The summed E-state index contributed by atoms with van der Waals surface area (Å²) in [4.78, 5) is 16.7. The Balaban J connectivity index is 1.88. The van der Waals surface area contributed by atoms with E-state index in [2.05, 4.69) is 11.1 Å². The van der Waals surface area contributed by atoms with Crippen molar-refractivity contribution in [2.45, 2.75) is 0 Å². The lowest BCUT2D eigenvalue weighted by Gasteiger charge is -1.98. The van der Waals surface area contributed by atoms with E-state index in [1.54, 1.807) is 34.9 Å². The van der Waals surface area contributed by atoms with Gasteiger partial charge in [0.25, 0.3) is 0 Å². The van der Waals surface area contributed by atoms with Gasteiger partial charge in [-0.3, -0.25) is 4.79 Å². The van der Waals surface area contributed by atoms with Crippen molar-refractivity contribution in [2.24, 2.45) is 7.05 Å². The van der Waals surface area contributed by atoms with Crippen LogP contribution in [0.3, 0.4) is 0 Å². The van der Waals surface area contributed by atoms with Crippen molar-refractivity contribution in [3.63, 3.8) is 0 Å². The summed E-state index contributed by atoms with van der Waals surface area (Å²) in [6.45, 7) is 0. The minimum atomic E-state index is -0.150. The molecule has 0 saturated carbocycles. The Hall–Kier alpha value is -3.19. The summed E-state index contributed by atoms with van der Waals surface area (Å²) in [6, 6.07) is 16.8. The van der Waals surface area contributed by atoms with Crippen LogP contribution in [0.4, 0.5) is 0 Å². The minimum absolute atomic E-state index is 0.150. The van der Waals surface area contributed by atoms with Gasteiger partial charge in [0.05, 0.1) is 22.7 Å². The van der Waals surface area contributed by atoms with Crippen LogP contribution in [0.15, 0.2) is 54.6 Å². The van der Waals surface area contributed by atoms with E-state index in [0.29, 0.717) is 11.4 Å². The Morgan fingerprint density at radius 1 is 1.18 bits per heavy atom. The maximum Gasteiger partial charge on any atom is 0.221 e. The van der Waals surface area contributed by atoms with E-state index in [1.165, 1.54) is 6.08 Å². The molecule has 0 fully saturated rings. The van der Waals surface area contributed by atoms with Gasteiger partial charge >= 0.3 is 0 Å². The molecule has 3 aromatic rings. The van der Waals surface area contributed by atoms with E-state index in [4.69, 9.17) is 5.26 Å². The molecule has 22 heavy (non-hydrogen) atoms. The fourth-order valence-corrected chi connectivity index (χ4v) is 2.28. The smallest absolute Gasteiger partial charge is 0.221 e. The van der Waals surface area contributed by atoms with Gasteiger partial charge in [-0.15, -0.1) is 0 Å². The molecule has 106 valence electrons. The number of aryl methyl sites for hydroxylation is 1. The number of nitrogens with zero attached hydrogens (tertiary/aromatic N) is 3. The minimum Gasteiger partial charge on any atom is -0.324 e. The number of benzene rings is 2. The highest BCUT2D eigenvalue weighted by Crippen LogP contribution is 2.15. The molecule has 2 aromatic carbocycles. The van der Waals surface area contributed by atoms with E-state index in [9.17, 15) is 4.79 Å². The molecule has 4 nitrogen and oxygen atoms in total. The number of fused-ring (bicyclic) bond motifs is 1. The van der Waals surface area contributed by atoms with E-state index in [-0.39, 0.29) is 5.78 Å². The van der Waals surface area contributed by atoms with Crippen molar-refractivity contribution in [1.29, 1.82) is 5.26 Å². The molecule has 0 atom stereocenters. The number of carbonyl (C=O) groups is 1. The number of rotatable bonds is 3. The quantitative estimate of drug-likeness (QED) is 0.548. The summed E-state index contributed by atoms with van der Waals surface area (Å²) in [5.74, 6) is 0.258. The molecule has 0 aliphatic heterocycles. The number of nitriles is 1. The molecule has 0 aliphatic carbocycles. The first-order valence-electron chi connectivity index (χ1n) is 6.83. The van der Waals surface area contributed by atoms with Gasteiger partial charge in [-0.1, -0.05) is 30.3 Å². The fourth-order valence-electron chi connectivity index (χ4n) is 2.28. The van der Waals surface area contributed by atoms with Crippen LogP contribution in [0.25, 0.3) is 17.1 Å². The van der Waals surface area contributed by atoms with Crippen molar-refractivity contribution in [1.82, 2.24) is 9.55 Å². The van der Waals surface area contributed by atoms with Gasteiger partial charge in [0.15, 0.2) is 5.82 Å². The molecule has 0 aliphatic rings. The number of hydrogen-bond donors (Lipinski definition) is 0. The first-order chi connectivity index (χ1) is 10.7. The molecular formula is C18H13N3O. The first-order valence-corrected chi connectivity index (χ1v) is 6.83. The van der Waals surface area contributed by atoms with Crippen LogP contribution in [0.2, 0.25) is 0 Å². The number of ketones is 1. The summed E-state index contributed by atoms with van der Waals surface area (Å²) >= 11 is 0. The van der Waals surface area contributed by atoms with Crippen LogP contribution in [0, 0.1) is 11.3 Å². The number of imidazole rings is 1. The van der Waals surface area contributed by atoms with Crippen LogP contribution in [-0.2, 0) is 7.05 Å². The predicted octanol–water partition coefficient (Wildman–Crippen LogP) is 3.34. The van der Waals surface area contributed by atoms with E-state index in [0.717, 1.165) is 16.6 Å². The third kappa shape index (κ3) is 2.52. The van der Waals surface area contributed by atoms with Crippen molar-refractivity contribution in [2.75, 3.05) is 0 Å². The highest BCUT2D eigenvalue weighted by atomic mass is 16.1. The van der Waals surface area contributed by atoms with Gasteiger partial charge in [0, 0.05) is 7.05 Å². The molecule has 0 spiro atoms. The lowest BCUT2D eigenvalue weighted by molar-refractivity contribution is 0.103. The SMILES string of the molecule is Cn1c(C(=O)/C=C/c2ccc(C#N)cc2)nc2ccccc21. The Bertz CT molecular complexity index is 912. The second kappa shape index (κ2) is 5.66. The lowest BCUT2D eigenvalue weighted by atomic mass is 10.1. The highest BCUT2D eigenvalue weighted by Gasteiger charge is 2.12. The van der Waals surface area contributed by atoms with Crippen molar-refractivity contribution in [3.8, 4) is 6.07 Å². The Kier molecular flexibility index (Phi) is 3.55. The molecule has 1 aromatic heterocycles. The average molecular weight is 287 g/mol. The monoisotopic (exact) mass is 287 g/mol. The van der Waals surface area contributed by atoms with Crippen LogP contribution >= 0.6 is 0 Å². The summed E-state index contributed by atoms with van der Waals surface area (Å²) in [6.07, 6.45) is 3.23. The van der Waals surface area contributed by atoms with Gasteiger partial charge in [-0.2, -0.15) is 5.26 Å². The van der Waals surface area contributed by atoms with Gasteiger partial charge in [-0.25, -0.2) is 4.98 Å². The predicted molar refractivity (Wildman–Crippen MR) is 85.2 cm³/mol. The molecule has 0 amide bonds. The molecule has 0 bridgehead atoms. The van der Waals surface area contributed by atoms with Crippen LogP contribution in [0.5, 0.6) is 0 Å². The van der Waals surface area contributed by atoms with Gasteiger partial charge in [-0.05, 0) is 35.9 Å². The third-order valence-corrected chi connectivity index (χ3v) is 3.47. The first kappa shape index (κ1) is 13.8. The summed E-state index contributed by atoms with van der Waals surface area (Å²) in [5, 5.41) is 8.76. The van der Waals surface area contributed by atoms with Crippen molar-refractivity contribution in [3.05, 3.63) is 71.6 Å². The van der Waals surface area contributed by atoms with Crippen LogP contribution in [0.1, 0.15) is 21.7 Å². The Morgan fingerprint density at radius 3 is 2.59 bits per heavy atom. The number of para-hydroxylation sites is 2. The topological polar surface area (TPSA) is 58.7 Å². The molecule has 4 heteroatoms. The van der Waals surface area contributed by atoms with Crippen molar-refractivity contribution < 1.29 is 4.79 Å². The average Bonchev–Trinajstić information content (AvgIpc) is 2.90. The lowest BCUT2D eigenvalue weighted by Crippen LogP contribution is -2.04. The Morgan fingerprint density at radius 2 is 1.91 bits per heavy atom. The second-order valence-electron chi connectivity index (χ2n) is 4.91.